The third kappa shape index (κ3) is 2.66. The SMILES string of the molecule is Cc1ccc(Cn2c(CCl)nc3cc(I)ccc32)s1. The van der Waals surface area contributed by atoms with E-state index in [1.54, 1.807) is 0 Å². The summed E-state index contributed by atoms with van der Waals surface area (Å²) in [5, 5.41) is 0. The lowest BCUT2D eigenvalue weighted by Gasteiger charge is -2.05. The second kappa shape index (κ2) is 5.42. The van der Waals surface area contributed by atoms with Gasteiger partial charge in [0, 0.05) is 13.3 Å². The van der Waals surface area contributed by atoms with E-state index in [-0.39, 0.29) is 0 Å². The number of rotatable bonds is 3. The Bertz CT molecular complexity index is 732. The Balaban J connectivity index is 2.10. The molecule has 0 spiro atoms. The van der Waals surface area contributed by atoms with Crippen molar-refractivity contribution >= 4 is 56.6 Å². The Kier molecular flexibility index (Phi) is 3.82. The van der Waals surface area contributed by atoms with Crippen LogP contribution in [0.3, 0.4) is 0 Å². The highest BCUT2D eigenvalue weighted by molar-refractivity contribution is 14.1. The monoisotopic (exact) mass is 402 g/mol. The number of hydrogen-bond acceptors (Lipinski definition) is 2. The van der Waals surface area contributed by atoms with E-state index in [9.17, 15) is 0 Å². The van der Waals surface area contributed by atoms with E-state index in [0.29, 0.717) is 5.88 Å². The Morgan fingerprint density at radius 2 is 2.16 bits per heavy atom. The molecule has 5 heteroatoms. The van der Waals surface area contributed by atoms with Crippen molar-refractivity contribution in [3.63, 3.8) is 0 Å². The molecule has 0 bridgehead atoms. The van der Waals surface area contributed by atoms with Gasteiger partial charge in [-0.3, -0.25) is 0 Å². The Morgan fingerprint density at radius 3 is 2.84 bits per heavy atom. The molecule has 0 saturated heterocycles. The van der Waals surface area contributed by atoms with Crippen molar-refractivity contribution in [2.45, 2.75) is 19.3 Å². The summed E-state index contributed by atoms with van der Waals surface area (Å²) in [5.41, 5.74) is 2.18. The van der Waals surface area contributed by atoms with Gasteiger partial charge in [-0.15, -0.1) is 22.9 Å². The first-order chi connectivity index (χ1) is 9.17. The minimum Gasteiger partial charge on any atom is -0.322 e. The van der Waals surface area contributed by atoms with E-state index in [2.05, 4.69) is 69.4 Å². The second-order valence-corrected chi connectivity index (χ2v) is 7.28. The van der Waals surface area contributed by atoms with Gasteiger partial charge >= 0.3 is 0 Å². The Labute approximate surface area is 134 Å². The molecule has 1 aromatic carbocycles. The summed E-state index contributed by atoms with van der Waals surface area (Å²) in [6.45, 7) is 2.97. The van der Waals surface area contributed by atoms with Crippen LogP contribution in [-0.2, 0) is 12.4 Å². The van der Waals surface area contributed by atoms with Crippen LogP contribution >= 0.6 is 45.5 Å². The molecule has 0 radical (unpaired) electrons. The van der Waals surface area contributed by atoms with Crippen molar-refractivity contribution in [2.75, 3.05) is 0 Å². The van der Waals surface area contributed by atoms with Crippen molar-refractivity contribution in [2.24, 2.45) is 0 Å². The van der Waals surface area contributed by atoms with Crippen molar-refractivity contribution in [1.29, 1.82) is 0 Å². The van der Waals surface area contributed by atoms with Crippen LogP contribution in [-0.4, -0.2) is 9.55 Å². The molecule has 0 amide bonds. The number of aromatic nitrogens is 2. The van der Waals surface area contributed by atoms with Gasteiger partial charge in [-0.2, -0.15) is 0 Å². The van der Waals surface area contributed by atoms with E-state index < -0.39 is 0 Å². The van der Waals surface area contributed by atoms with Crippen molar-refractivity contribution in [3.05, 3.63) is 49.5 Å². The van der Waals surface area contributed by atoms with Crippen LogP contribution in [0.15, 0.2) is 30.3 Å². The average Bonchev–Trinajstić information content (AvgIpc) is 2.94. The van der Waals surface area contributed by atoms with E-state index in [4.69, 9.17) is 11.6 Å². The quantitative estimate of drug-likeness (QED) is 0.454. The lowest BCUT2D eigenvalue weighted by atomic mass is 10.3. The molecule has 3 aromatic rings. The van der Waals surface area contributed by atoms with Gasteiger partial charge in [-0.25, -0.2) is 4.98 Å². The topological polar surface area (TPSA) is 17.8 Å². The van der Waals surface area contributed by atoms with Gasteiger partial charge < -0.3 is 4.57 Å². The van der Waals surface area contributed by atoms with Crippen molar-refractivity contribution < 1.29 is 0 Å². The lowest BCUT2D eigenvalue weighted by molar-refractivity contribution is 0.789. The molecular formula is C14H12ClIN2S. The molecule has 0 unspecified atom stereocenters. The third-order valence-corrected chi connectivity index (χ3v) is 4.91. The molecule has 2 aromatic heterocycles. The van der Waals surface area contributed by atoms with Crippen LogP contribution in [0.25, 0.3) is 11.0 Å². The molecule has 2 nitrogen and oxygen atoms in total. The number of hydrogen-bond donors (Lipinski definition) is 0. The zero-order valence-corrected chi connectivity index (χ0v) is 14.1. The summed E-state index contributed by atoms with van der Waals surface area (Å²) >= 11 is 10.2. The van der Waals surface area contributed by atoms with Crippen LogP contribution in [0.1, 0.15) is 15.6 Å². The molecular weight excluding hydrogens is 391 g/mol. The van der Waals surface area contributed by atoms with Crippen LogP contribution in [0.4, 0.5) is 0 Å². The number of benzene rings is 1. The molecule has 2 heterocycles. The molecule has 98 valence electrons. The van der Waals surface area contributed by atoms with E-state index >= 15 is 0 Å². The fraction of sp³-hybridized carbons (Fsp3) is 0.214. The lowest BCUT2D eigenvalue weighted by Crippen LogP contribution is -2.02. The summed E-state index contributed by atoms with van der Waals surface area (Å²) in [6.07, 6.45) is 0. The van der Waals surface area contributed by atoms with E-state index in [0.717, 1.165) is 23.4 Å². The average molecular weight is 403 g/mol. The number of thiophene rings is 1. The van der Waals surface area contributed by atoms with Crippen molar-refractivity contribution in [3.8, 4) is 0 Å². The molecule has 0 saturated carbocycles. The number of aryl methyl sites for hydroxylation is 1. The Morgan fingerprint density at radius 1 is 1.32 bits per heavy atom. The smallest absolute Gasteiger partial charge is 0.125 e. The molecule has 0 aliphatic rings. The van der Waals surface area contributed by atoms with E-state index in [1.165, 1.54) is 13.3 Å². The van der Waals surface area contributed by atoms with Gasteiger partial charge in [0.1, 0.15) is 5.82 Å². The maximum absolute atomic E-state index is 6.03. The molecule has 0 aliphatic heterocycles. The van der Waals surface area contributed by atoms with Crippen LogP contribution in [0.5, 0.6) is 0 Å². The zero-order chi connectivity index (χ0) is 13.4. The largest absolute Gasteiger partial charge is 0.322 e. The highest BCUT2D eigenvalue weighted by Gasteiger charge is 2.11. The summed E-state index contributed by atoms with van der Waals surface area (Å²) < 4.78 is 3.41. The number of nitrogens with zero attached hydrogens (tertiary/aromatic N) is 2. The number of imidazole rings is 1. The highest BCUT2D eigenvalue weighted by Crippen LogP contribution is 2.23. The molecule has 19 heavy (non-hydrogen) atoms. The van der Waals surface area contributed by atoms with Gasteiger partial charge in [0.15, 0.2) is 0 Å². The minimum absolute atomic E-state index is 0.440. The van der Waals surface area contributed by atoms with Gasteiger partial charge in [0.05, 0.1) is 23.5 Å². The maximum Gasteiger partial charge on any atom is 0.125 e. The molecule has 0 atom stereocenters. The summed E-state index contributed by atoms with van der Waals surface area (Å²) in [5.74, 6) is 1.38. The zero-order valence-electron chi connectivity index (χ0n) is 10.4. The maximum atomic E-state index is 6.03. The van der Waals surface area contributed by atoms with Crippen LogP contribution < -0.4 is 0 Å². The first-order valence-corrected chi connectivity index (χ1v) is 8.36. The summed E-state index contributed by atoms with van der Waals surface area (Å²) in [4.78, 5) is 7.30. The third-order valence-electron chi connectivity index (χ3n) is 3.02. The summed E-state index contributed by atoms with van der Waals surface area (Å²) in [6, 6.07) is 10.7. The van der Waals surface area contributed by atoms with Crippen molar-refractivity contribution in [1.82, 2.24) is 9.55 Å². The molecule has 0 aliphatic carbocycles. The van der Waals surface area contributed by atoms with Crippen LogP contribution in [0, 0.1) is 10.5 Å². The fourth-order valence-electron chi connectivity index (χ4n) is 2.16. The molecule has 3 rings (SSSR count). The predicted octanol–water partition coefficient (Wildman–Crippen LogP) is 4.80. The number of alkyl halides is 1. The number of halogens is 2. The van der Waals surface area contributed by atoms with E-state index in [1.807, 2.05) is 11.3 Å². The molecule has 0 fully saturated rings. The highest BCUT2D eigenvalue weighted by atomic mass is 127. The predicted molar refractivity (Wildman–Crippen MR) is 90.2 cm³/mol. The standard InChI is InChI=1S/C14H12ClIN2S/c1-9-2-4-11(19-9)8-18-13-5-3-10(16)6-12(13)17-14(18)7-15/h2-6H,7-8H2,1H3. The molecule has 0 N–H and O–H groups in total. The van der Waals surface area contributed by atoms with Crippen LogP contribution in [0.2, 0.25) is 0 Å². The second-order valence-electron chi connectivity index (χ2n) is 4.39. The van der Waals surface area contributed by atoms with Gasteiger partial charge in [0.2, 0.25) is 0 Å². The van der Waals surface area contributed by atoms with Gasteiger partial charge in [0.25, 0.3) is 0 Å². The fourth-order valence-corrected chi connectivity index (χ4v) is 3.72. The Hall–Kier alpha value is -0.590. The van der Waals surface area contributed by atoms with Gasteiger partial charge in [-0.1, -0.05) is 0 Å². The first kappa shape index (κ1) is 13.4. The van der Waals surface area contributed by atoms with Gasteiger partial charge in [-0.05, 0) is 59.8 Å². The first-order valence-electron chi connectivity index (χ1n) is 5.93. The number of fused-ring (bicyclic) bond motifs is 1. The normalized spacial score (nSPS) is 11.3. The minimum atomic E-state index is 0.440. The summed E-state index contributed by atoms with van der Waals surface area (Å²) in [7, 11) is 0.